The summed E-state index contributed by atoms with van der Waals surface area (Å²) in [6.45, 7) is 1.67. The molecule has 6 nitrogen and oxygen atoms in total. The van der Waals surface area contributed by atoms with Crippen LogP contribution < -0.4 is 0 Å². The summed E-state index contributed by atoms with van der Waals surface area (Å²) in [5.41, 5.74) is 0.983. The summed E-state index contributed by atoms with van der Waals surface area (Å²) in [4.78, 5) is 10.9. The number of benzene rings is 1. The molecule has 21 heavy (non-hydrogen) atoms. The van der Waals surface area contributed by atoms with E-state index in [9.17, 15) is 9.90 Å². The average molecular weight is 296 g/mol. The minimum atomic E-state index is -0.931. The fourth-order valence-electron chi connectivity index (χ4n) is 2.21. The number of carbonyl (C=O) groups excluding carboxylic acids is 1. The quantitative estimate of drug-likeness (QED) is 0.785. The summed E-state index contributed by atoms with van der Waals surface area (Å²) in [6.07, 6.45) is -2.89. The Bertz CT molecular complexity index is 449. The Morgan fingerprint density at radius 1 is 1.33 bits per heavy atom. The van der Waals surface area contributed by atoms with Crippen molar-refractivity contribution in [3.63, 3.8) is 0 Å². The number of hydrogen-bond donors (Lipinski definition) is 1. The number of ether oxygens (including phenoxy) is 4. The SMILES string of the molecule is CO[C@H]1O[C@H](COC(C)=O)[C@H](OCc2ccccc2)[C@@H]1O. The van der Waals surface area contributed by atoms with Gasteiger partial charge in [0.25, 0.3) is 0 Å². The molecule has 0 spiro atoms. The molecule has 0 aromatic heterocycles. The second-order valence-electron chi connectivity index (χ2n) is 4.83. The van der Waals surface area contributed by atoms with Crippen LogP contribution in [0, 0.1) is 0 Å². The van der Waals surface area contributed by atoms with Crippen LogP contribution in [0.2, 0.25) is 0 Å². The van der Waals surface area contributed by atoms with E-state index in [-0.39, 0.29) is 6.61 Å². The Balaban J connectivity index is 1.96. The maximum Gasteiger partial charge on any atom is 0.302 e. The van der Waals surface area contributed by atoms with Gasteiger partial charge in [-0.1, -0.05) is 30.3 Å². The highest BCUT2D eigenvalue weighted by Gasteiger charge is 2.45. The molecule has 116 valence electrons. The highest BCUT2D eigenvalue weighted by molar-refractivity contribution is 5.65. The summed E-state index contributed by atoms with van der Waals surface area (Å²) >= 11 is 0. The van der Waals surface area contributed by atoms with Crippen molar-refractivity contribution >= 4 is 5.97 Å². The van der Waals surface area contributed by atoms with E-state index in [4.69, 9.17) is 18.9 Å². The lowest BCUT2D eigenvalue weighted by Crippen LogP contribution is -2.37. The molecule has 1 aliphatic rings. The number of esters is 1. The molecular weight excluding hydrogens is 276 g/mol. The molecule has 1 aromatic carbocycles. The Morgan fingerprint density at radius 2 is 2.05 bits per heavy atom. The van der Waals surface area contributed by atoms with Crippen LogP contribution in [0.3, 0.4) is 0 Å². The fourth-order valence-corrected chi connectivity index (χ4v) is 2.21. The molecule has 6 heteroatoms. The van der Waals surface area contributed by atoms with Crippen molar-refractivity contribution in [2.24, 2.45) is 0 Å². The Kier molecular flexibility index (Phi) is 5.69. The Labute approximate surface area is 123 Å². The third-order valence-electron chi connectivity index (χ3n) is 3.26. The zero-order chi connectivity index (χ0) is 15.2. The van der Waals surface area contributed by atoms with Crippen molar-refractivity contribution in [2.45, 2.75) is 38.1 Å². The van der Waals surface area contributed by atoms with Crippen LogP contribution in [0.15, 0.2) is 30.3 Å². The van der Waals surface area contributed by atoms with Gasteiger partial charge in [0, 0.05) is 14.0 Å². The monoisotopic (exact) mass is 296 g/mol. The van der Waals surface area contributed by atoms with Gasteiger partial charge in [0.1, 0.15) is 24.9 Å². The highest BCUT2D eigenvalue weighted by atomic mass is 16.7. The van der Waals surface area contributed by atoms with Crippen molar-refractivity contribution in [3.8, 4) is 0 Å². The normalized spacial score (nSPS) is 28.5. The van der Waals surface area contributed by atoms with Crippen LogP contribution in [0.1, 0.15) is 12.5 Å². The van der Waals surface area contributed by atoms with Gasteiger partial charge in [-0.25, -0.2) is 0 Å². The van der Waals surface area contributed by atoms with Crippen LogP contribution in [0.25, 0.3) is 0 Å². The molecule has 1 fully saturated rings. The highest BCUT2D eigenvalue weighted by Crippen LogP contribution is 2.25. The summed E-state index contributed by atoms with van der Waals surface area (Å²) in [5.74, 6) is -0.407. The summed E-state index contributed by atoms with van der Waals surface area (Å²) < 4.78 is 21.2. The zero-order valence-corrected chi connectivity index (χ0v) is 12.1. The first-order chi connectivity index (χ1) is 10.1. The zero-order valence-electron chi connectivity index (χ0n) is 12.1. The average Bonchev–Trinajstić information content (AvgIpc) is 2.79. The van der Waals surface area contributed by atoms with Crippen LogP contribution in [0.5, 0.6) is 0 Å². The van der Waals surface area contributed by atoms with Crippen LogP contribution in [-0.4, -0.2) is 49.4 Å². The lowest BCUT2D eigenvalue weighted by Gasteiger charge is -2.20. The van der Waals surface area contributed by atoms with Crippen LogP contribution in [0.4, 0.5) is 0 Å². The van der Waals surface area contributed by atoms with Gasteiger partial charge in [0.15, 0.2) is 6.29 Å². The van der Waals surface area contributed by atoms with Gasteiger partial charge in [-0.2, -0.15) is 0 Å². The Morgan fingerprint density at radius 3 is 2.67 bits per heavy atom. The number of aliphatic hydroxyl groups excluding tert-OH is 1. The molecule has 0 saturated carbocycles. The van der Waals surface area contributed by atoms with E-state index < -0.39 is 30.6 Å². The van der Waals surface area contributed by atoms with Gasteiger partial charge in [0.05, 0.1) is 6.61 Å². The topological polar surface area (TPSA) is 74.2 Å². The van der Waals surface area contributed by atoms with E-state index in [1.54, 1.807) is 0 Å². The molecule has 1 aliphatic heterocycles. The molecule has 1 aromatic rings. The predicted molar refractivity (Wildman–Crippen MR) is 73.3 cm³/mol. The largest absolute Gasteiger partial charge is 0.463 e. The molecule has 0 aliphatic carbocycles. The van der Waals surface area contributed by atoms with Crippen LogP contribution in [-0.2, 0) is 30.3 Å². The molecule has 1 heterocycles. The molecule has 0 bridgehead atoms. The van der Waals surface area contributed by atoms with Crippen molar-refractivity contribution in [1.29, 1.82) is 0 Å². The third kappa shape index (κ3) is 4.25. The summed E-state index contributed by atoms with van der Waals surface area (Å²) in [7, 11) is 1.44. The van der Waals surface area contributed by atoms with E-state index in [0.29, 0.717) is 6.61 Å². The van der Waals surface area contributed by atoms with Gasteiger partial charge in [-0.05, 0) is 5.56 Å². The van der Waals surface area contributed by atoms with E-state index in [2.05, 4.69) is 0 Å². The first-order valence-corrected chi connectivity index (χ1v) is 6.77. The van der Waals surface area contributed by atoms with Gasteiger partial charge < -0.3 is 24.1 Å². The maximum absolute atomic E-state index is 10.9. The standard InChI is InChI=1S/C15H20O6/c1-10(16)19-9-12-14(13(17)15(18-2)21-12)20-8-11-6-4-3-5-7-11/h3-7,12-15,17H,8-9H2,1-2H3/t12-,13+,14+,15+/m1/s1. The van der Waals surface area contributed by atoms with E-state index >= 15 is 0 Å². The third-order valence-corrected chi connectivity index (χ3v) is 3.26. The van der Waals surface area contributed by atoms with Gasteiger partial charge >= 0.3 is 5.97 Å². The minimum absolute atomic E-state index is 0.0196. The van der Waals surface area contributed by atoms with E-state index in [1.165, 1.54) is 14.0 Å². The number of aliphatic hydroxyl groups is 1. The van der Waals surface area contributed by atoms with Gasteiger partial charge in [0.2, 0.25) is 0 Å². The van der Waals surface area contributed by atoms with Crippen molar-refractivity contribution in [3.05, 3.63) is 35.9 Å². The molecule has 1 saturated heterocycles. The molecule has 4 atom stereocenters. The lowest BCUT2D eigenvalue weighted by atomic mass is 10.1. The minimum Gasteiger partial charge on any atom is -0.463 e. The molecule has 0 radical (unpaired) electrons. The van der Waals surface area contributed by atoms with Crippen LogP contribution >= 0.6 is 0 Å². The number of methoxy groups -OCH3 is 1. The first-order valence-electron chi connectivity index (χ1n) is 6.77. The predicted octanol–water partition coefficient (Wildman–Crippen LogP) is 0.867. The lowest BCUT2D eigenvalue weighted by molar-refractivity contribution is -0.164. The summed E-state index contributed by atoms with van der Waals surface area (Å²) in [5, 5.41) is 10.1. The smallest absolute Gasteiger partial charge is 0.302 e. The van der Waals surface area contributed by atoms with Crippen molar-refractivity contribution in [1.82, 2.24) is 0 Å². The summed E-state index contributed by atoms with van der Waals surface area (Å²) in [6, 6.07) is 9.60. The molecule has 2 rings (SSSR count). The first kappa shape index (κ1) is 15.9. The second-order valence-corrected chi connectivity index (χ2v) is 4.83. The van der Waals surface area contributed by atoms with Crippen molar-refractivity contribution < 1.29 is 28.8 Å². The van der Waals surface area contributed by atoms with Gasteiger partial charge in [-0.15, -0.1) is 0 Å². The van der Waals surface area contributed by atoms with Crippen molar-refractivity contribution in [2.75, 3.05) is 13.7 Å². The number of hydrogen-bond acceptors (Lipinski definition) is 6. The molecule has 1 N–H and O–H groups in total. The second kappa shape index (κ2) is 7.51. The van der Waals surface area contributed by atoms with Gasteiger partial charge in [-0.3, -0.25) is 4.79 Å². The van der Waals surface area contributed by atoms with E-state index in [1.807, 2.05) is 30.3 Å². The molecule has 0 amide bonds. The number of rotatable bonds is 6. The van der Waals surface area contributed by atoms with E-state index in [0.717, 1.165) is 5.56 Å². The maximum atomic E-state index is 10.9. The Hall–Kier alpha value is -1.47. The number of carbonyl (C=O) groups is 1. The fraction of sp³-hybridized carbons (Fsp3) is 0.533. The molecule has 0 unspecified atom stereocenters. The molecular formula is C15H20O6.